The third-order valence-electron chi connectivity index (χ3n) is 5.07. The van der Waals surface area contributed by atoms with Gasteiger partial charge in [0, 0.05) is 5.56 Å². The van der Waals surface area contributed by atoms with Gasteiger partial charge in [-0.15, -0.1) is 0 Å². The average Bonchev–Trinajstić information content (AvgIpc) is 2.87. The molecule has 0 aromatic heterocycles. The predicted molar refractivity (Wildman–Crippen MR) is 134 cm³/mol. The summed E-state index contributed by atoms with van der Waals surface area (Å²) in [5.41, 5.74) is 4.16. The van der Waals surface area contributed by atoms with Crippen LogP contribution in [-0.4, -0.2) is 25.8 Å². The fourth-order valence-corrected chi connectivity index (χ4v) is 3.62. The zero-order valence-corrected chi connectivity index (χ0v) is 19.3. The van der Waals surface area contributed by atoms with Crippen molar-refractivity contribution in [1.82, 2.24) is 5.43 Å². The van der Waals surface area contributed by atoms with E-state index >= 15 is 0 Å². The number of hydrogen-bond donors (Lipinski definition) is 1. The second kappa shape index (κ2) is 11.2. The van der Waals surface area contributed by atoms with Crippen LogP contribution in [0.5, 0.6) is 17.2 Å². The van der Waals surface area contributed by atoms with Crippen molar-refractivity contribution in [1.29, 1.82) is 0 Å². The zero-order chi connectivity index (χ0) is 23.8. The second-order valence-corrected chi connectivity index (χ2v) is 7.73. The lowest BCUT2D eigenvalue weighted by atomic mass is 10.1. The number of carbonyl (C=O) groups is 1. The van der Waals surface area contributed by atoms with Crippen LogP contribution in [0.3, 0.4) is 0 Å². The van der Waals surface area contributed by atoms with Crippen molar-refractivity contribution in [3.63, 3.8) is 0 Å². The molecule has 0 aliphatic rings. The molecule has 0 saturated carbocycles. The van der Waals surface area contributed by atoms with Crippen LogP contribution in [0.15, 0.2) is 90.0 Å². The topological polar surface area (TPSA) is 69.2 Å². The number of nitrogens with one attached hydrogen (secondary N) is 1. The number of nitrogens with zero attached hydrogens (tertiary/aromatic N) is 1. The summed E-state index contributed by atoms with van der Waals surface area (Å²) < 4.78 is 17.1. The van der Waals surface area contributed by atoms with Gasteiger partial charge in [0.15, 0.2) is 18.1 Å². The van der Waals surface area contributed by atoms with E-state index in [-0.39, 0.29) is 6.61 Å². The summed E-state index contributed by atoms with van der Waals surface area (Å²) in [6, 6.07) is 26.7. The summed E-state index contributed by atoms with van der Waals surface area (Å²) in [6.45, 7) is 0.129. The van der Waals surface area contributed by atoms with Crippen LogP contribution >= 0.6 is 11.6 Å². The Morgan fingerprint density at radius 1 is 0.912 bits per heavy atom. The Morgan fingerprint density at radius 3 is 2.50 bits per heavy atom. The molecule has 0 aliphatic heterocycles. The van der Waals surface area contributed by atoms with Gasteiger partial charge in [0.25, 0.3) is 5.91 Å². The summed E-state index contributed by atoms with van der Waals surface area (Å²) >= 11 is 6.03. The van der Waals surface area contributed by atoms with E-state index < -0.39 is 5.91 Å². The minimum Gasteiger partial charge on any atom is -0.493 e. The molecule has 1 amide bonds. The molecule has 0 atom stereocenters. The number of hydrazone groups is 1. The molecule has 172 valence electrons. The standard InChI is InChI=1S/C27H23ClN2O4/c1-32-25-15-7-10-20(16-29-30-26(31)18-33-24-14-5-4-13-23(24)28)27(25)34-17-21-11-6-9-19-8-2-3-12-22(19)21/h2-16H,17-18H2,1H3,(H,30,31)/b29-16-. The van der Waals surface area contributed by atoms with Crippen LogP contribution in [0.4, 0.5) is 0 Å². The first-order chi connectivity index (χ1) is 16.7. The lowest BCUT2D eigenvalue weighted by molar-refractivity contribution is -0.123. The highest BCUT2D eigenvalue weighted by Crippen LogP contribution is 2.31. The van der Waals surface area contributed by atoms with E-state index in [1.54, 1.807) is 31.4 Å². The van der Waals surface area contributed by atoms with E-state index in [0.29, 0.717) is 34.4 Å². The Hall–Kier alpha value is -4.03. The number of fused-ring (bicyclic) bond motifs is 1. The van der Waals surface area contributed by atoms with Crippen LogP contribution in [-0.2, 0) is 11.4 Å². The number of methoxy groups -OCH3 is 1. The van der Waals surface area contributed by atoms with Crippen LogP contribution in [0.1, 0.15) is 11.1 Å². The molecule has 0 bridgehead atoms. The lowest BCUT2D eigenvalue weighted by Gasteiger charge is -2.14. The molecule has 0 fully saturated rings. The monoisotopic (exact) mass is 474 g/mol. The minimum atomic E-state index is -0.419. The first-order valence-corrected chi connectivity index (χ1v) is 11.0. The van der Waals surface area contributed by atoms with Crippen LogP contribution in [0.25, 0.3) is 10.8 Å². The number of carbonyl (C=O) groups excluding carboxylic acids is 1. The molecular formula is C27H23ClN2O4. The Labute approximate surface area is 202 Å². The molecule has 6 nitrogen and oxygen atoms in total. The van der Waals surface area contributed by atoms with Gasteiger partial charge in [0.2, 0.25) is 0 Å². The Morgan fingerprint density at radius 2 is 1.65 bits per heavy atom. The maximum absolute atomic E-state index is 12.1. The molecule has 4 rings (SSSR count). The number of hydrogen-bond acceptors (Lipinski definition) is 5. The van der Waals surface area contributed by atoms with Crippen molar-refractivity contribution < 1.29 is 19.0 Å². The first-order valence-electron chi connectivity index (χ1n) is 10.6. The highest BCUT2D eigenvalue weighted by atomic mass is 35.5. The first kappa shape index (κ1) is 23.1. The minimum absolute atomic E-state index is 0.219. The van der Waals surface area contributed by atoms with Gasteiger partial charge in [0.1, 0.15) is 12.4 Å². The maximum Gasteiger partial charge on any atom is 0.277 e. The summed E-state index contributed by atoms with van der Waals surface area (Å²) in [7, 11) is 1.58. The van der Waals surface area contributed by atoms with Gasteiger partial charge in [-0.1, -0.05) is 72.3 Å². The van der Waals surface area contributed by atoms with E-state index in [2.05, 4.69) is 28.7 Å². The molecule has 34 heavy (non-hydrogen) atoms. The summed E-state index contributed by atoms with van der Waals surface area (Å²) in [5, 5.41) is 6.75. The Bertz CT molecular complexity index is 1320. The SMILES string of the molecule is COc1cccc(/C=N\NC(=O)COc2ccccc2Cl)c1OCc1cccc2ccccc12. The van der Waals surface area contributed by atoms with E-state index in [9.17, 15) is 4.79 Å². The van der Waals surface area contributed by atoms with E-state index in [4.69, 9.17) is 25.8 Å². The van der Waals surface area contributed by atoms with Crippen molar-refractivity contribution in [2.24, 2.45) is 5.10 Å². The normalized spacial score (nSPS) is 10.9. The Kier molecular flexibility index (Phi) is 7.63. The highest BCUT2D eigenvalue weighted by molar-refractivity contribution is 6.32. The number of amides is 1. The van der Waals surface area contributed by atoms with Crippen molar-refractivity contribution >= 4 is 34.5 Å². The van der Waals surface area contributed by atoms with Gasteiger partial charge >= 0.3 is 0 Å². The number of halogens is 1. The molecule has 4 aromatic carbocycles. The molecular weight excluding hydrogens is 452 g/mol. The van der Waals surface area contributed by atoms with E-state index in [1.807, 2.05) is 42.5 Å². The largest absolute Gasteiger partial charge is 0.493 e. The number of ether oxygens (including phenoxy) is 3. The summed E-state index contributed by atoms with van der Waals surface area (Å²) in [4.78, 5) is 12.1. The highest BCUT2D eigenvalue weighted by Gasteiger charge is 2.11. The van der Waals surface area contributed by atoms with Crippen molar-refractivity contribution in [2.75, 3.05) is 13.7 Å². The maximum atomic E-state index is 12.1. The van der Waals surface area contributed by atoms with Crippen molar-refractivity contribution in [2.45, 2.75) is 6.61 Å². The van der Waals surface area contributed by atoms with Gasteiger partial charge in [0.05, 0.1) is 18.3 Å². The third-order valence-corrected chi connectivity index (χ3v) is 5.38. The van der Waals surface area contributed by atoms with Crippen LogP contribution < -0.4 is 19.6 Å². The smallest absolute Gasteiger partial charge is 0.277 e. The second-order valence-electron chi connectivity index (χ2n) is 7.32. The molecule has 4 aromatic rings. The molecule has 1 N–H and O–H groups in total. The van der Waals surface area contributed by atoms with Gasteiger partial charge < -0.3 is 14.2 Å². The summed E-state index contributed by atoms with van der Waals surface area (Å²) in [5.74, 6) is 1.11. The number of benzene rings is 4. The molecule has 0 saturated heterocycles. The van der Waals surface area contributed by atoms with E-state index in [0.717, 1.165) is 16.3 Å². The quantitative estimate of drug-likeness (QED) is 0.253. The zero-order valence-electron chi connectivity index (χ0n) is 18.5. The van der Waals surface area contributed by atoms with E-state index in [1.165, 1.54) is 6.21 Å². The van der Waals surface area contributed by atoms with Crippen LogP contribution in [0, 0.1) is 0 Å². The van der Waals surface area contributed by atoms with Crippen LogP contribution in [0.2, 0.25) is 5.02 Å². The average molecular weight is 475 g/mol. The molecule has 0 unspecified atom stereocenters. The van der Waals surface area contributed by atoms with Gasteiger partial charge in [-0.25, -0.2) is 5.43 Å². The van der Waals surface area contributed by atoms with Crippen molar-refractivity contribution in [3.05, 3.63) is 101 Å². The molecule has 0 spiro atoms. The molecule has 0 radical (unpaired) electrons. The molecule has 0 heterocycles. The predicted octanol–water partition coefficient (Wildman–Crippen LogP) is 5.61. The molecule has 0 aliphatic carbocycles. The van der Waals surface area contributed by atoms with Gasteiger partial charge in [-0.2, -0.15) is 5.10 Å². The molecule has 7 heteroatoms. The Balaban J connectivity index is 1.43. The third kappa shape index (κ3) is 5.66. The number of para-hydroxylation sites is 2. The van der Waals surface area contributed by atoms with Gasteiger partial charge in [-0.05, 0) is 40.6 Å². The van der Waals surface area contributed by atoms with Crippen molar-refractivity contribution in [3.8, 4) is 17.2 Å². The van der Waals surface area contributed by atoms with Gasteiger partial charge in [-0.3, -0.25) is 4.79 Å². The number of rotatable bonds is 9. The summed E-state index contributed by atoms with van der Waals surface area (Å²) in [6.07, 6.45) is 1.51. The fraction of sp³-hybridized carbons (Fsp3) is 0.111. The fourth-order valence-electron chi connectivity index (χ4n) is 3.43. The lowest BCUT2D eigenvalue weighted by Crippen LogP contribution is -2.24.